The maximum absolute atomic E-state index is 11.9. The summed E-state index contributed by atoms with van der Waals surface area (Å²) in [4.78, 5) is 11.9. The van der Waals surface area contributed by atoms with Crippen molar-refractivity contribution in [2.75, 3.05) is 19.8 Å². The Labute approximate surface area is 104 Å². The zero-order valence-electron chi connectivity index (χ0n) is 11.1. The van der Waals surface area contributed by atoms with Gasteiger partial charge in [-0.2, -0.15) is 0 Å². The Morgan fingerprint density at radius 2 is 2.00 bits per heavy atom. The Morgan fingerprint density at radius 3 is 2.59 bits per heavy atom. The smallest absolute Gasteiger partial charge is 0.240 e. The fourth-order valence-corrected chi connectivity index (χ4v) is 2.14. The van der Waals surface area contributed by atoms with Crippen molar-refractivity contribution in [2.45, 2.75) is 51.5 Å². The Balaban J connectivity index is 2.15. The van der Waals surface area contributed by atoms with Gasteiger partial charge in [0, 0.05) is 13.2 Å². The van der Waals surface area contributed by atoms with Crippen molar-refractivity contribution >= 4 is 5.91 Å². The van der Waals surface area contributed by atoms with Crippen LogP contribution in [0, 0.1) is 5.92 Å². The zero-order valence-corrected chi connectivity index (χ0v) is 11.1. The van der Waals surface area contributed by atoms with Gasteiger partial charge in [-0.1, -0.05) is 33.1 Å². The normalized spacial score (nSPS) is 19.3. The molecule has 0 aromatic carbocycles. The van der Waals surface area contributed by atoms with Crippen LogP contribution in [0.5, 0.6) is 0 Å². The molecule has 0 aromatic heterocycles. The number of nitrogens with one attached hydrogen (secondary N) is 1. The van der Waals surface area contributed by atoms with E-state index in [1.54, 1.807) is 0 Å². The molecule has 0 spiro atoms. The number of rotatable bonds is 6. The van der Waals surface area contributed by atoms with Gasteiger partial charge in [0.1, 0.15) is 0 Å². The second-order valence-electron chi connectivity index (χ2n) is 5.44. The Bertz CT molecular complexity index is 236. The highest BCUT2D eigenvalue weighted by atomic mass is 16.5. The first-order valence-electron chi connectivity index (χ1n) is 6.69. The minimum atomic E-state index is -0.629. The molecule has 3 N–H and O–H groups in total. The predicted molar refractivity (Wildman–Crippen MR) is 68.7 cm³/mol. The van der Waals surface area contributed by atoms with Crippen LogP contribution in [0.25, 0.3) is 0 Å². The van der Waals surface area contributed by atoms with Crippen LogP contribution >= 0.6 is 0 Å². The minimum Gasteiger partial charge on any atom is -0.379 e. The lowest BCUT2D eigenvalue weighted by atomic mass is 9.82. The van der Waals surface area contributed by atoms with Crippen molar-refractivity contribution in [3.05, 3.63) is 0 Å². The summed E-state index contributed by atoms with van der Waals surface area (Å²) >= 11 is 0. The van der Waals surface area contributed by atoms with E-state index in [0.29, 0.717) is 19.1 Å². The van der Waals surface area contributed by atoms with Crippen molar-refractivity contribution < 1.29 is 9.53 Å². The molecule has 1 saturated carbocycles. The van der Waals surface area contributed by atoms with Gasteiger partial charge in [0.05, 0.1) is 12.1 Å². The summed E-state index contributed by atoms with van der Waals surface area (Å²) in [6, 6.07) is 0. The molecule has 0 aromatic rings. The molecule has 4 heteroatoms. The van der Waals surface area contributed by atoms with E-state index >= 15 is 0 Å². The number of hydrogen-bond acceptors (Lipinski definition) is 3. The summed E-state index contributed by atoms with van der Waals surface area (Å²) in [5.41, 5.74) is 5.48. The molecule has 4 nitrogen and oxygen atoms in total. The first-order chi connectivity index (χ1) is 8.04. The lowest BCUT2D eigenvalue weighted by molar-refractivity contribution is -0.127. The molecule has 1 aliphatic carbocycles. The van der Waals surface area contributed by atoms with Gasteiger partial charge in [0.2, 0.25) is 5.91 Å². The molecular weight excluding hydrogens is 216 g/mol. The van der Waals surface area contributed by atoms with Gasteiger partial charge in [-0.05, 0) is 18.8 Å². The summed E-state index contributed by atoms with van der Waals surface area (Å²) in [6.45, 7) is 6.08. The van der Waals surface area contributed by atoms with E-state index < -0.39 is 5.54 Å². The molecule has 17 heavy (non-hydrogen) atoms. The Morgan fingerprint density at radius 1 is 1.35 bits per heavy atom. The molecule has 0 heterocycles. The van der Waals surface area contributed by atoms with Gasteiger partial charge in [-0.3, -0.25) is 4.79 Å². The maximum atomic E-state index is 11.9. The summed E-state index contributed by atoms with van der Waals surface area (Å²) < 4.78 is 5.41. The first-order valence-corrected chi connectivity index (χ1v) is 6.69. The monoisotopic (exact) mass is 242 g/mol. The highest BCUT2D eigenvalue weighted by molar-refractivity contribution is 5.86. The SMILES string of the molecule is CC(C)COCCNC(=O)C1(N)CCCCC1. The van der Waals surface area contributed by atoms with E-state index in [2.05, 4.69) is 19.2 Å². The van der Waals surface area contributed by atoms with Crippen LogP contribution < -0.4 is 11.1 Å². The Kier molecular flexibility index (Phi) is 5.92. The van der Waals surface area contributed by atoms with Gasteiger partial charge < -0.3 is 15.8 Å². The van der Waals surface area contributed by atoms with Gasteiger partial charge in [-0.25, -0.2) is 0 Å². The first kappa shape index (κ1) is 14.5. The van der Waals surface area contributed by atoms with Crippen molar-refractivity contribution in [2.24, 2.45) is 11.7 Å². The third-order valence-corrected chi connectivity index (χ3v) is 3.18. The largest absolute Gasteiger partial charge is 0.379 e. The maximum Gasteiger partial charge on any atom is 0.240 e. The van der Waals surface area contributed by atoms with Crippen molar-refractivity contribution in [3.63, 3.8) is 0 Å². The van der Waals surface area contributed by atoms with Gasteiger partial charge in [-0.15, -0.1) is 0 Å². The zero-order chi connectivity index (χ0) is 12.7. The summed E-state index contributed by atoms with van der Waals surface area (Å²) in [5.74, 6) is 0.523. The quantitative estimate of drug-likeness (QED) is 0.693. The van der Waals surface area contributed by atoms with E-state index in [9.17, 15) is 4.79 Å². The number of ether oxygens (including phenoxy) is 1. The molecule has 0 atom stereocenters. The van der Waals surface area contributed by atoms with Crippen LogP contribution in [0.2, 0.25) is 0 Å². The molecular formula is C13H26N2O2. The number of carbonyl (C=O) groups is 1. The predicted octanol–water partition coefficient (Wildman–Crippen LogP) is 1.44. The van der Waals surface area contributed by atoms with E-state index in [4.69, 9.17) is 10.5 Å². The average Bonchev–Trinajstić information content (AvgIpc) is 2.29. The molecule has 0 unspecified atom stereocenters. The molecule has 1 aliphatic rings. The Hall–Kier alpha value is -0.610. The number of carbonyl (C=O) groups excluding carboxylic acids is 1. The minimum absolute atomic E-state index is 0.00894. The van der Waals surface area contributed by atoms with Gasteiger partial charge in [0.25, 0.3) is 0 Å². The van der Waals surface area contributed by atoms with Gasteiger partial charge in [0.15, 0.2) is 0 Å². The second kappa shape index (κ2) is 6.97. The number of nitrogens with two attached hydrogens (primary N) is 1. The van der Waals surface area contributed by atoms with Crippen LogP contribution in [0.4, 0.5) is 0 Å². The van der Waals surface area contributed by atoms with Crippen LogP contribution in [0.1, 0.15) is 46.0 Å². The molecule has 1 fully saturated rings. The molecule has 0 radical (unpaired) electrons. The molecule has 0 saturated heterocycles. The van der Waals surface area contributed by atoms with E-state index in [1.165, 1.54) is 6.42 Å². The highest BCUT2D eigenvalue weighted by Gasteiger charge is 2.34. The molecule has 0 bridgehead atoms. The van der Waals surface area contributed by atoms with E-state index in [1.807, 2.05) is 0 Å². The van der Waals surface area contributed by atoms with Crippen LogP contribution in [0.15, 0.2) is 0 Å². The molecule has 0 aliphatic heterocycles. The average molecular weight is 242 g/mol. The fourth-order valence-electron chi connectivity index (χ4n) is 2.14. The number of amides is 1. The lowest BCUT2D eigenvalue weighted by Crippen LogP contribution is -2.55. The fraction of sp³-hybridized carbons (Fsp3) is 0.923. The standard InChI is InChI=1S/C13H26N2O2/c1-11(2)10-17-9-8-15-12(16)13(14)6-4-3-5-7-13/h11H,3-10,14H2,1-2H3,(H,15,16). The van der Waals surface area contributed by atoms with E-state index in [0.717, 1.165) is 32.3 Å². The van der Waals surface area contributed by atoms with E-state index in [-0.39, 0.29) is 5.91 Å². The topological polar surface area (TPSA) is 64.3 Å². The van der Waals surface area contributed by atoms with Crippen LogP contribution in [0.3, 0.4) is 0 Å². The van der Waals surface area contributed by atoms with Gasteiger partial charge >= 0.3 is 0 Å². The third kappa shape index (κ3) is 5.04. The number of hydrogen-bond donors (Lipinski definition) is 2. The second-order valence-corrected chi connectivity index (χ2v) is 5.44. The molecule has 1 rings (SSSR count). The highest BCUT2D eigenvalue weighted by Crippen LogP contribution is 2.25. The summed E-state index contributed by atoms with van der Waals surface area (Å²) in [6.07, 6.45) is 4.95. The third-order valence-electron chi connectivity index (χ3n) is 3.18. The van der Waals surface area contributed by atoms with Crippen LogP contribution in [-0.2, 0) is 9.53 Å². The van der Waals surface area contributed by atoms with Crippen molar-refractivity contribution in [1.29, 1.82) is 0 Å². The summed E-state index contributed by atoms with van der Waals surface area (Å²) in [7, 11) is 0. The lowest BCUT2D eigenvalue weighted by Gasteiger charge is -2.31. The van der Waals surface area contributed by atoms with Crippen molar-refractivity contribution in [1.82, 2.24) is 5.32 Å². The molecule has 100 valence electrons. The molecule has 1 amide bonds. The van der Waals surface area contributed by atoms with Crippen LogP contribution in [-0.4, -0.2) is 31.2 Å². The summed E-state index contributed by atoms with van der Waals surface area (Å²) in [5, 5.41) is 2.88. The van der Waals surface area contributed by atoms with Crippen molar-refractivity contribution in [3.8, 4) is 0 Å².